The van der Waals surface area contributed by atoms with Crippen molar-refractivity contribution < 1.29 is 22.7 Å². The Morgan fingerprint density at radius 1 is 1.45 bits per heavy atom. The van der Waals surface area contributed by atoms with Crippen molar-refractivity contribution in [3.63, 3.8) is 0 Å². The van der Waals surface area contributed by atoms with E-state index in [0.29, 0.717) is 26.2 Å². The van der Waals surface area contributed by atoms with E-state index in [1.54, 1.807) is 0 Å². The van der Waals surface area contributed by atoms with Gasteiger partial charge in [-0.25, -0.2) is 4.98 Å². The maximum atomic E-state index is 12.6. The van der Waals surface area contributed by atoms with Crippen molar-refractivity contribution in [1.29, 1.82) is 0 Å². The standard InChI is InChI=1S/C12H16F3N3O2/c1-2-20-7-3-6-17-11-8(10(16)19)4-5-9(18-11)12(13,14)15/h4-5H,2-3,6-7H2,1H3,(H2,16,19)(H,17,18). The number of alkyl halides is 3. The zero-order valence-electron chi connectivity index (χ0n) is 11.0. The Morgan fingerprint density at radius 3 is 2.70 bits per heavy atom. The van der Waals surface area contributed by atoms with E-state index in [2.05, 4.69) is 10.3 Å². The first kappa shape index (κ1) is 16.2. The Kier molecular flexibility index (Phi) is 5.75. The molecule has 8 heteroatoms. The van der Waals surface area contributed by atoms with Gasteiger partial charge in [0.05, 0.1) is 5.56 Å². The molecule has 1 aromatic heterocycles. The molecule has 0 spiro atoms. The molecular weight excluding hydrogens is 275 g/mol. The number of aromatic nitrogens is 1. The van der Waals surface area contributed by atoms with Gasteiger partial charge in [-0.2, -0.15) is 13.2 Å². The number of pyridine rings is 1. The van der Waals surface area contributed by atoms with Crippen molar-refractivity contribution in [3.05, 3.63) is 23.4 Å². The molecule has 0 aliphatic rings. The molecule has 0 aliphatic carbocycles. The summed E-state index contributed by atoms with van der Waals surface area (Å²) >= 11 is 0. The molecule has 0 saturated heterocycles. The van der Waals surface area contributed by atoms with Gasteiger partial charge in [0.15, 0.2) is 0 Å². The fourth-order valence-corrected chi connectivity index (χ4v) is 1.48. The van der Waals surface area contributed by atoms with Gasteiger partial charge in [0, 0.05) is 19.8 Å². The molecule has 3 N–H and O–H groups in total. The number of halogens is 3. The number of carbonyl (C=O) groups excluding carboxylic acids is 1. The van der Waals surface area contributed by atoms with Gasteiger partial charge in [-0.15, -0.1) is 0 Å². The maximum absolute atomic E-state index is 12.6. The highest BCUT2D eigenvalue weighted by Crippen LogP contribution is 2.29. The lowest BCUT2D eigenvalue weighted by Crippen LogP contribution is -2.19. The number of nitrogens with two attached hydrogens (primary N) is 1. The molecule has 0 atom stereocenters. The summed E-state index contributed by atoms with van der Waals surface area (Å²) in [6, 6.07) is 1.74. The third kappa shape index (κ3) is 4.69. The van der Waals surface area contributed by atoms with Crippen molar-refractivity contribution >= 4 is 11.7 Å². The van der Waals surface area contributed by atoms with Gasteiger partial charge in [0.2, 0.25) is 0 Å². The number of amides is 1. The Morgan fingerprint density at radius 2 is 2.15 bits per heavy atom. The minimum atomic E-state index is -4.57. The van der Waals surface area contributed by atoms with Crippen molar-refractivity contribution in [2.24, 2.45) is 5.73 Å². The lowest BCUT2D eigenvalue weighted by Gasteiger charge is -2.12. The number of carbonyl (C=O) groups is 1. The molecule has 5 nitrogen and oxygen atoms in total. The summed E-state index contributed by atoms with van der Waals surface area (Å²) < 4.78 is 42.8. The van der Waals surface area contributed by atoms with Gasteiger partial charge >= 0.3 is 6.18 Å². The van der Waals surface area contributed by atoms with Gasteiger partial charge in [0.25, 0.3) is 5.91 Å². The third-order valence-corrected chi connectivity index (χ3v) is 2.41. The number of nitrogens with zero attached hydrogens (tertiary/aromatic N) is 1. The average molecular weight is 291 g/mol. The van der Waals surface area contributed by atoms with Crippen molar-refractivity contribution in [1.82, 2.24) is 4.98 Å². The largest absolute Gasteiger partial charge is 0.433 e. The number of anilines is 1. The second kappa shape index (κ2) is 7.09. The summed E-state index contributed by atoms with van der Waals surface area (Å²) in [5, 5.41) is 2.67. The fourth-order valence-electron chi connectivity index (χ4n) is 1.48. The van der Waals surface area contributed by atoms with Crippen LogP contribution in [0.15, 0.2) is 12.1 Å². The predicted octanol–water partition coefficient (Wildman–Crippen LogP) is 2.04. The molecule has 0 saturated carbocycles. The van der Waals surface area contributed by atoms with E-state index in [1.165, 1.54) is 0 Å². The number of primary amides is 1. The van der Waals surface area contributed by atoms with Gasteiger partial charge in [-0.05, 0) is 25.5 Å². The van der Waals surface area contributed by atoms with Crippen LogP contribution in [0.2, 0.25) is 0 Å². The van der Waals surface area contributed by atoms with Crippen molar-refractivity contribution in [2.75, 3.05) is 25.1 Å². The zero-order valence-corrected chi connectivity index (χ0v) is 11.0. The lowest BCUT2D eigenvalue weighted by molar-refractivity contribution is -0.141. The average Bonchev–Trinajstić information content (AvgIpc) is 2.37. The molecule has 1 rings (SSSR count). The van der Waals surface area contributed by atoms with Crippen molar-refractivity contribution in [3.8, 4) is 0 Å². The second-order valence-corrected chi connectivity index (χ2v) is 3.93. The monoisotopic (exact) mass is 291 g/mol. The lowest BCUT2D eigenvalue weighted by atomic mass is 10.2. The highest BCUT2D eigenvalue weighted by Gasteiger charge is 2.33. The fraction of sp³-hybridized carbons (Fsp3) is 0.500. The molecule has 0 radical (unpaired) electrons. The van der Waals surface area contributed by atoms with Crippen LogP contribution in [-0.2, 0) is 10.9 Å². The predicted molar refractivity (Wildman–Crippen MR) is 67.4 cm³/mol. The number of hydrogen-bond donors (Lipinski definition) is 2. The number of rotatable bonds is 7. The Bertz CT molecular complexity index is 464. The number of hydrogen-bond acceptors (Lipinski definition) is 4. The minimum absolute atomic E-state index is 0.0746. The summed E-state index contributed by atoms with van der Waals surface area (Å²) in [4.78, 5) is 14.6. The summed E-state index contributed by atoms with van der Waals surface area (Å²) in [7, 11) is 0. The Hall–Kier alpha value is -1.83. The van der Waals surface area contributed by atoms with Gasteiger partial charge < -0.3 is 15.8 Å². The molecular formula is C12H16F3N3O2. The summed E-state index contributed by atoms with van der Waals surface area (Å²) in [6.07, 6.45) is -4.00. The minimum Gasteiger partial charge on any atom is -0.382 e. The van der Waals surface area contributed by atoms with Crippen LogP contribution in [0.25, 0.3) is 0 Å². The van der Waals surface area contributed by atoms with Crippen LogP contribution in [0.4, 0.5) is 19.0 Å². The summed E-state index contributed by atoms with van der Waals surface area (Å²) in [6.45, 7) is 3.20. The van der Waals surface area contributed by atoms with E-state index >= 15 is 0 Å². The van der Waals surface area contributed by atoms with E-state index in [0.717, 1.165) is 12.1 Å². The molecule has 20 heavy (non-hydrogen) atoms. The van der Waals surface area contributed by atoms with Gasteiger partial charge in [-0.3, -0.25) is 4.79 Å². The highest BCUT2D eigenvalue weighted by atomic mass is 19.4. The molecule has 0 unspecified atom stereocenters. The van der Waals surface area contributed by atoms with Gasteiger partial charge in [0.1, 0.15) is 11.5 Å². The van der Waals surface area contributed by atoms with Crippen LogP contribution in [0.1, 0.15) is 29.4 Å². The number of ether oxygens (including phenoxy) is 1. The SMILES string of the molecule is CCOCCCNc1nc(C(F)(F)F)ccc1C(N)=O. The van der Waals surface area contributed by atoms with Crippen molar-refractivity contribution in [2.45, 2.75) is 19.5 Å². The number of nitrogens with one attached hydrogen (secondary N) is 1. The molecule has 0 bridgehead atoms. The quantitative estimate of drug-likeness (QED) is 0.754. The normalized spacial score (nSPS) is 11.4. The molecule has 112 valence electrons. The topological polar surface area (TPSA) is 77.2 Å². The third-order valence-electron chi connectivity index (χ3n) is 2.41. The smallest absolute Gasteiger partial charge is 0.382 e. The van der Waals surface area contributed by atoms with Crippen LogP contribution < -0.4 is 11.1 Å². The zero-order chi connectivity index (χ0) is 15.2. The first-order valence-corrected chi connectivity index (χ1v) is 6.06. The Balaban J connectivity index is 2.81. The van der Waals surface area contributed by atoms with E-state index in [4.69, 9.17) is 10.5 Å². The van der Waals surface area contributed by atoms with E-state index < -0.39 is 17.8 Å². The second-order valence-electron chi connectivity index (χ2n) is 3.93. The van der Waals surface area contributed by atoms with Crippen LogP contribution in [0.3, 0.4) is 0 Å². The molecule has 1 heterocycles. The van der Waals surface area contributed by atoms with Crippen LogP contribution in [0.5, 0.6) is 0 Å². The van der Waals surface area contributed by atoms with E-state index in [9.17, 15) is 18.0 Å². The molecule has 0 aromatic carbocycles. The highest BCUT2D eigenvalue weighted by molar-refractivity contribution is 5.97. The maximum Gasteiger partial charge on any atom is 0.433 e. The summed E-state index contributed by atoms with van der Waals surface area (Å²) in [5.74, 6) is -0.998. The first-order valence-electron chi connectivity index (χ1n) is 6.06. The molecule has 1 aromatic rings. The molecule has 0 aliphatic heterocycles. The molecule has 0 fully saturated rings. The Labute approximate surface area is 114 Å². The van der Waals surface area contributed by atoms with Crippen LogP contribution in [-0.4, -0.2) is 30.6 Å². The van der Waals surface area contributed by atoms with Crippen LogP contribution in [0, 0.1) is 0 Å². The van der Waals surface area contributed by atoms with Gasteiger partial charge in [-0.1, -0.05) is 0 Å². The van der Waals surface area contributed by atoms with E-state index in [-0.39, 0.29) is 11.4 Å². The summed E-state index contributed by atoms with van der Waals surface area (Å²) in [5.41, 5.74) is 3.95. The van der Waals surface area contributed by atoms with E-state index in [1.807, 2.05) is 6.92 Å². The first-order chi connectivity index (χ1) is 9.36. The van der Waals surface area contributed by atoms with Crippen LogP contribution >= 0.6 is 0 Å². The molecule has 1 amide bonds.